The second-order valence-electron chi connectivity index (χ2n) is 4.82. The van der Waals surface area contributed by atoms with Gasteiger partial charge in [-0.15, -0.1) is 0 Å². The van der Waals surface area contributed by atoms with E-state index in [1.54, 1.807) is 25.4 Å². The minimum absolute atomic E-state index is 0.484. The van der Waals surface area contributed by atoms with Crippen molar-refractivity contribution in [3.05, 3.63) is 66.4 Å². The Bertz CT molecular complexity index is 871. The number of benzene rings is 2. The molecule has 0 saturated heterocycles. The van der Waals surface area contributed by atoms with Crippen molar-refractivity contribution in [1.29, 1.82) is 5.26 Å². The van der Waals surface area contributed by atoms with Crippen molar-refractivity contribution in [3.8, 4) is 23.1 Å². The molecular weight excluding hydrogens is 288 g/mol. The van der Waals surface area contributed by atoms with Gasteiger partial charge >= 0.3 is 0 Å². The summed E-state index contributed by atoms with van der Waals surface area (Å²) >= 11 is 0. The van der Waals surface area contributed by atoms with Gasteiger partial charge in [0, 0.05) is 23.5 Å². The summed E-state index contributed by atoms with van der Waals surface area (Å²) in [6.07, 6.45) is 1.68. The molecular formula is C18H14N4O. The zero-order valence-corrected chi connectivity index (χ0v) is 12.5. The van der Waals surface area contributed by atoms with Crippen molar-refractivity contribution in [3.63, 3.8) is 0 Å². The first-order valence-electron chi connectivity index (χ1n) is 7.03. The lowest BCUT2D eigenvalue weighted by atomic mass is 10.1. The predicted octanol–water partition coefficient (Wildman–Crippen LogP) is 3.77. The van der Waals surface area contributed by atoms with E-state index in [0.29, 0.717) is 11.5 Å². The molecule has 1 heterocycles. The molecule has 0 bridgehead atoms. The van der Waals surface area contributed by atoms with Gasteiger partial charge in [-0.05, 0) is 30.3 Å². The SMILES string of the molecule is COc1cccc(Nc2nccc(-c3cccc(C#N)c3)n2)c1. The summed E-state index contributed by atoms with van der Waals surface area (Å²) in [4.78, 5) is 8.73. The van der Waals surface area contributed by atoms with Crippen LogP contribution in [0.25, 0.3) is 11.3 Å². The Morgan fingerprint density at radius 1 is 1.09 bits per heavy atom. The van der Waals surface area contributed by atoms with Gasteiger partial charge in [-0.3, -0.25) is 0 Å². The van der Waals surface area contributed by atoms with Crippen LogP contribution in [0.1, 0.15) is 5.56 Å². The van der Waals surface area contributed by atoms with Crippen LogP contribution in [-0.4, -0.2) is 17.1 Å². The summed E-state index contributed by atoms with van der Waals surface area (Å²) in [7, 11) is 1.62. The van der Waals surface area contributed by atoms with Crippen LogP contribution >= 0.6 is 0 Å². The van der Waals surface area contributed by atoms with Crippen LogP contribution in [0.3, 0.4) is 0 Å². The number of ether oxygens (including phenoxy) is 1. The third-order valence-electron chi connectivity index (χ3n) is 3.27. The normalized spacial score (nSPS) is 9.91. The van der Waals surface area contributed by atoms with Crippen molar-refractivity contribution >= 4 is 11.6 Å². The molecule has 3 rings (SSSR count). The maximum atomic E-state index is 9.00. The van der Waals surface area contributed by atoms with Crippen molar-refractivity contribution in [1.82, 2.24) is 9.97 Å². The van der Waals surface area contributed by atoms with Gasteiger partial charge in [-0.2, -0.15) is 5.26 Å². The van der Waals surface area contributed by atoms with E-state index < -0.39 is 0 Å². The Hall–Kier alpha value is -3.39. The van der Waals surface area contributed by atoms with E-state index >= 15 is 0 Å². The lowest BCUT2D eigenvalue weighted by Gasteiger charge is -2.08. The first kappa shape index (κ1) is 14.5. The molecule has 0 radical (unpaired) electrons. The molecule has 0 atom stereocenters. The van der Waals surface area contributed by atoms with E-state index in [9.17, 15) is 0 Å². The van der Waals surface area contributed by atoms with Gasteiger partial charge in [0.15, 0.2) is 0 Å². The zero-order chi connectivity index (χ0) is 16.1. The second kappa shape index (κ2) is 6.58. The fourth-order valence-corrected chi connectivity index (χ4v) is 2.16. The van der Waals surface area contributed by atoms with Gasteiger partial charge in [0.05, 0.1) is 24.4 Å². The lowest BCUT2D eigenvalue weighted by molar-refractivity contribution is 0.415. The number of nitrogens with one attached hydrogen (secondary N) is 1. The predicted molar refractivity (Wildman–Crippen MR) is 88.5 cm³/mol. The van der Waals surface area contributed by atoms with Crippen molar-refractivity contribution in [2.75, 3.05) is 12.4 Å². The molecule has 23 heavy (non-hydrogen) atoms. The van der Waals surface area contributed by atoms with E-state index in [1.807, 2.05) is 42.5 Å². The molecule has 0 fully saturated rings. The average Bonchev–Trinajstić information content (AvgIpc) is 2.62. The second-order valence-corrected chi connectivity index (χ2v) is 4.82. The fraction of sp³-hybridized carbons (Fsp3) is 0.0556. The standard InChI is InChI=1S/C18H14N4O/c1-23-16-7-3-6-15(11-16)21-18-20-9-8-17(22-18)14-5-2-4-13(10-14)12-19/h2-11H,1H3,(H,20,21,22). The van der Waals surface area contributed by atoms with Gasteiger partial charge in [0.1, 0.15) is 5.75 Å². The lowest BCUT2D eigenvalue weighted by Crippen LogP contribution is -1.98. The molecule has 0 aliphatic heterocycles. The van der Waals surface area contributed by atoms with Gasteiger partial charge in [0.2, 0.25) is 5.95 Å². The zero-order valence-electron chi connectivity index (χ0n) is 12.5. The molecule has 112 valence electrons. The Labute approximate surface area is 134 Å². The number of hydrogen-bond donors (Lipinski definition) is 1. The largest absolute Gasteiger partial charge is 0.497 e. The summed E-state index contributed by atoms with van der Waals surface area (Å²) in [5, 5.41) is 12.2. The van der Waals surface area contributed by atoms with Crippen LogP contribution in [0.4, 0.5) is 11.6 Å². The molecule has 0 saturated carbocycles. The van der Waals surface area contributed by atoms with Gasteiger partial charge in [0.25, 0.3) is 0 Å². The number of methoxy groups -OCH3 is 1. The smallest absolute Gasteiger partial charge is 0.227 e. The molecule has 2 aromatic carbocycles. The van der Waals surface area contributed by atoms with E-state index in [2.05, 4.69) is 21.4 Å². The van der Waals surface area contributed by atoms with E-state index in [-0.39, 0.29) is 0 Å². The topological polar surface area (TPSA) is 70.8 Å². The number of nitrogens with zero attached hydrogens (tertiary/aromatic N) is 3. The molecule has 1 aromatic heterocycles. The molecule has 0 aliphatic rings. The first-order valence-corrected chi connectivity index (χ1v) is 7.03. The monoisotopic (exact) mass is 302 g/mol. The Balaban J connectivity index is 1.89. The Morgan fingerprint density at radius 3 is 2.78 bits per heavy atom. The average molecular weight is 302 g/mol. The highest BCUT2D eigenvalue weighted by atomic mass is 16.5. The van der Waals surface area contributed by atoms with Crippen molar-refractivity contribution in [2.24, 2.45) is 0 Å². The third kappa shape index (κ3) is 3.44. The summed E-state index contributed by atoms with van der Waals surface area (Å²) < 4.78 is 5.20. The molecule has 0 spiro atoms. The molecule has 0 unspecified atom stereocenters. The third-order valence-corrected chi connectivity index (χ3v) is 3.27. The summed E-state index contributed by atoms with van der Waals surface area (Å²) in [5.41, 5.74) is 3.07. The number of nitriles is 1. The minimum Gasteiger partial charge on any atom is -0.497 e. The van der Waals surface area contributed by atoms with Crippen molar-refractivity contribution < 1.29 is 4.74 Å². The number of hydrogen-bond acceptors (Lipinski definition) is 5. The minimum atomic E-state index is 0.484. The van der Waals surface area contributed by atoms with Crippen LogP contribution in [0, 0.1) is 11.3 Å². The highest BCUT2D eigenvalue weighted by Gasteiger charge is 2.04. The number of rotatable bonds is 4. The van der Waals surface area contributed by atoms with Gasteiger partial charge < -0.3 is 10.1 Å². The summed E-state index contributed by atoms with van der Waals surface area (Å²) in [6.45, 7) is 0. The fourth-order valence-electron chi connectivity index (χ4n) is 2.16. The quantitative estimate of drug-likeness (QED) is 0.794. The molecule has 0 amide bonds. The van der Waals surface area contributed by atoms with Gasteiger partial charge in [-0.25, -0.2) is 9.97 Å². The van der Waals surface area contributed by atoms with E-state index in [4.69, 9.17) is 10.00 Å². The van der Waals surface area contributed by atoms with E-state index in [0.717, 1.165) is 22.7 Å². The molecule has 0 aliphatic carbocycles. The number of aromatic nitrogens is 2. The number of anilines is 2. The van der Waals surface area contributed by atoms with E-state index in [1.165, 1.54) is 0 Å². The maximum Gasteiger partial charge on any atom is 0.227 e. The summed E-state index contributed by atoms with van der Waals surface area (Å²) in [6, 6.07) is 18.8. The molecule has 1 N–H and O–H groups in total. The maximum absolute atomic E-state index is 9.00. The van der Waals surface area contributed by atoms with Crippen LogP contribution in [-0.2, 0) is 0 Å². The summed E-state index contributed by atoms with van der Waals surface area (Å²) in [5.74, 6) is 1.24. The van der Waals surface area contributed by atoms with Gasteiger partial charge in [-0.1, -0.05) is 18.2 Å². The Kier molecular flexibility index (Phi) is 4.16. The first-order chi connectivity index (χ1) is 11.3. The van der Waals surface area contributed by atoms with Crippen LogP contribution in [0.2, 0.25) is 0 Å². The van der Waals surface area contributed by atoms with Crippen molar-refractivity contribution in [2.45, 2.75) is 0 Å². The highest BCUT2D eigenvalue weighted by molar-refractivity contribution is 5.64. The van der Waals surface area contributed by atoms with Crippen LogP contribution < -0.4 is 10.1 Å². The highest BCUT2D eigenvalue weighted by Crippen LogP contribution is 2.22. The molecule has 3 aromatic rings. The van der Waals surface area contributed by atoms with Crippen LogP contribution in [0.5, 0.6) is 5.75 Å². The Morgan fingerprint density at radius 2 is 1.96 bits per heavy atom. The molecule has 5 heteroatoms. The van der Waals surface area contributed by atoms with Crippen LogP contribution in [0.15, 0.2) is 60.8 Å². The molecule has 5 nitrogen and oxygen atoms in total.